The number of fused-ring (bicyclic) bond motifs is 4. The highest BCUT2D eigenvalue weighted by Gasteiger charge is 2.54. The molecule has 0 radical (unpaired) electrons. The summed E-state index contributed by atoms with van der Waals surface area (Å²) in [5.74, 6) is 0.591. The van der Waals surface area contributed by atoms with Crippen LogP contribution in [0.3, 0.4) is 0 Å². The van der Waals surface area contributed by atoms with Gasteiger partial charge in [-0.3, -0.25) is 14.2 Å². The van der Waals surface area contributed by atoms with E-state index in [1.807, 2.05) is 0 Å². The smallest absolute Gasteiger partial charge is 0.309 e. The Labute approximate surface area is 158 Å². The fraction of sp³-hybridized carbons (Fsp3) is 0.875. The first-order chi connectivity index (χ1) is 12.6. The van der Waals surface area contributed by atoms with Crippen LogP contribution in [0.15, 0.2) is 0 Å². The summed E-state index contributed by atoms with van der Waals surface area (Å²) in [5, 5.41) is 0.627. The van der Waals surface area contributed by atoms with E-state index >= 15 is 0 Å². The Morgan fingerprint density at radius 3 is 2.59 bits per heavy atom. The highest BCUT2D eigenvalue weighted by molar-refractivity contribution is 7.80. The van der Waals surface area contributed by atoms with Crippen molar-refractivity contribution < 1.29 is 31.7 Å². The molecule has 2 aliphatic heterocycles. The van der Waals surface area contributed by atoms with Crippen LogP contribution in [-0.4, -0.2) is 59.6 Å². The maximum Gasteiger partial charge on any atom is 0.418 e. The molecule has 4 bridgehead atoms. The molecule has 2 aliphatic carbocycles. The number of hydrogen-bond acceptors (Lipinski definition) is 6. The molecule has 2 N–H and O–H groups in total. The van der Waals surface area contributed by atoms with Crippen LogP contribution < -0.4 is 5.48 Å². The molecule has 4 rings (SSSR count). The van der Waals surface area contributed by atoms with Crippen LogP contribution in [-0.2, 0) is 24.3 Å². The van der Waals surface area contributed by atoms with E-state index in [1.165, 1.54) is 11.3 Å². The lowest BCUT2D eigenvalue weighted by Crippen LogP contribution is -2.50. The van der Waals surface area contributed by atoms with E-state index in [2.05, 4.69) is 23.6 Å². The van der Waals surface area contributed by atoms with Crippen molar-refractivity contribution in [2.24, 2.45) is 17.3 Å². The Hall–Kier alpha value is -1.43. The third kappa shape index (κ3) is 3.20. The lowest BCUT2D eigenvalue weighted by Gasteiger charge is -2.30. The molecule has 3 amide bonds. The van der Waals surface area contributed by atoms with Gasteiger partial charge in [0.1, 0.15) is 6.04 Å². The third-order valence-corrected chi connectivity index (χ3v) is 7.26. The molecule has 2 saturated heterocycles. The normalized spacial score (nSPS) is 37.1. The van der Waals surface area contributed by atoms with Crippen molar-refractivity contribution in [3.63, 3.8) is 0 Å². The van der Waals surface area contributed by atoms with Crippen LogP contribution >= 0.6 is 0 Å². The lowest BCUT2D eigenvalue weighted by molar-refractivity contribution is -0.147. The Kier molecular flexibility index (Phi) is 4.41. The maximum atomic E-state index is 12.6. The van der Waals surface area contributed by atoms with E-state index in [9.17, 15) is 18.0 Å². The average molecular weight is 403 g/mol. The Morgan fingerprint density at radius 1 is 1.26 bits per heavy atom. The van der Waals surface area contributed by atoms with Crippen molar-refractivity contribution in [3.8, 4) is 0 Å². The summed E-state index contributed by atoms with van der Waals surface area (Å²) in [6.45, 7) is 4.65. The number of nitrogens with zero attached hydrogens (tertiary/aromatic N) is 2. The number of nitrogens with one attached hydrogen (secondary N) is 1. The van der Waals surface area contributed by atoms with Crippen LogP contribution in [0.25, 0.3) is 0 Å². The van der Waals surface area contributed by atoms with Crippen molar-refractivity contribution in [2.75, 3.05) is 6.54 Å². The SMILES string of the molecule is CC1(C)C2CCC1C(ONC(=O)[C@@H]1CCC3CN1C(=O)N3OS(=O)(=O)O)C2. The molecule has 2 saturated carbocycles. The van der Waals surface area contributed by atoms with Gasteiger partial charge in [0.25, 0.3) is 5.91 Å². The van der Waals surface area contributed by atoms with Crippen molar-refractivity contribution >= 4 is 22.3 Å². The molecule has 0 spiro atoms. The van der Waals surface area contributed by atoms with Crippen molar-refractivity contribution in [1.82, 2.24) is 15.4 Å². The molecule has 10 nitrogen and oxygen atoms in total. The Bertz CT molecular complexity index is 755. The van der Waals surface area contributed by atoms with Gasteiger partial charge in [-0.1, -0.05) is 13.8 Å². The summed E-state index contributed by atoms with van der Waals surface area (Å²) in [5.41, 5.74) is 2.74. The lowest BCUT2D eigenvalue weighted by atomic mass is 9.82. The van der Waals surface area contributed by atoms with E-state index in [0.29, 0.717) is 29.7 Å². The first-order valence-electron chi connectivity index (χ1n) is 9.30. The third-order valence-electron chi connectivity index (χ3n) is 6.91. The molecular formula is C16H25N3O7S. The number of amides is 3. The zero-order chi connectivity index (χ0) is 19.6. The van der Waals surface area contributed by atoms with Crippen molar-refractivity contribution in [3.05, 3.63) is 0 Å². The topological polar surface area (TPSA) is 125 Å². The summed E-state index contributed by atoms with van der Waals surface area (Å²) < 4.78 is 35.0. The van der Waals surface area contributed by atoms with E-state index < -0.39 is 34.4 Å². The van der Waals surface area contributed by atoms with Gasteiger partial charge in [-0.15, -0.1) is 4.28 Å². The molecule has 152 valence electrons. The van der Waals surface area contributed by atoms with Crippen LogP contribution in [0.1, 0.15) is 46.0 Å². The monoisotopic (exact) mass is 403 g/mol. The number of carbonyl (C=O) groups is 2. The van der Waals surface area contributed by atoms with Gasteiger partial charge < -0.3 is 4.90 Å². The quantitative estimate of drug-likeness (QED) is 0.515. The zero-order valence-corrected chi connectivity index (χ0v) is 16.1. The van der Waals surface area contributed by atoms with Gasteiger partial charge in [-0.25, -0.2) is 10.3 Å². The first-order valence-corrected chi connectivity index (χ1v) is 10.7. The molecule has 4 fully saturated rings. The number of urea groups is 1. The largest absolute Gasteiger partial charge is 0.418 e. The molecular weight excluding hydrogens is 378 g/mol. The first kappa shape index (κ1) is 18.9. The predicted octanol–water partition coefficient (Wildman–Crippen LogP) is 0.862. The second kappa shape index (κ2) is 6.29. The van der Waals surface area contributed by atoms with E-state index in [0.717, 1.165) is 12.8 Å². The highest BCUT2D eigenvalue weighted by Crippen LogP contribution is 2.58. The zero-order valence-electron chi connectivity index (χ0n) is 15.3. The standard InChI is InChI=1S/C16H25N3O7S/c1-16(2)9-3-5-11(16)13(7-9)25-17-14(20)12-6-4-10-8-18(12)15(21)19(10)26-27(22,23)24/h9-13H,3-8H2,1-2H3,(H,17,20)(H,22,23,24)/t9?,10?,11?,12-,13?/m0/s1. The van der Waals surface area contributed by atoms with Crippen LogP contribution in [0.5, 0.6) is 0 Å². The van der Waals surface area contributed by atoms with Crippen LogP contribution in [0.2, 0.25) is 0 Å². The second-order valence-corrected chi connectivity index (χ2v) is 9.57. The number of rotatable bonds is 5. The molecule has 4 aliphatic rings. The summed E-state index contributed by atoms with van der Waals surface area (Å²) in [6, 6.07) is -2.03. The molecule has 5 atom stereocenters. The summed E-state index contributed by atoms with van der Waals surface area (Å²) in [6.07, 6.45) is 3.93. The van der Waals surface area contributed by atoms with Gasteiger partial charge in [0.05, 0.1) is 12.1 Å². The van der Waals surface area contributed by atoms with E-state index in [-0.39, 0.29) is 18.1 Å². The molecule has 11 heteroatoms. The second-order valence-electron chi connectivity index (χ2n) is 8.57. The number of hydroxylamine groups is 3. The van der Waals surface area contributed by atoms with Gasteiger partial charge in [-0.2, -0.15) is 13.5 Å². The van der Waals surface area contributed by atoms with Crippen LogP contribution in [0, 0.1) is 17.3 Å². The molecule has 27 heavy (non-hydrogen) atoms. The van der Waals surface area contributed by atoms with Crippen molar-refractivity contribution in [2.45, 2.75) is 64.1 Å². The van der Waals surface area contributed by atoms with Gasteiger partial charge in [0.15, 0.2) is 0 Å². The molecule has 2 heterocycles. The highest BCUT2D eigenvalue weighted by atomic mass is 32.3. The molecule has 4 unspecified atom stereocenters. The summed E-state index contributed by atoms with van der Waals surface area (Å²) >= 11 is 0. The Balaban J connectivity index is 1.36. The minimum absolute atomic E-state index is 0.0207. The van der Waals surface area contributed by atoms with Gasteiger partial charge >= 0.3 is 16.4 Å². The average Bonchev–Trinajstić information content (AvgIpc) is 3.11. The number of piperidine rings is 1. The van der Waals surface area contributed by atoms with Crippen molar-refractivity contribution in [1.29, 1.82) is 0 Å². The van der Waals surface area contributed by atoms with Gasteiger partial charge in [-0.05, 0) is 49.4 Å². The summed E-state index contributed by atoms with van der Waals surface area (Å²) in [4.78, 5) is 31.9. The van der Waals surface area contributed by atoms with E-state index in [1.54, 1.807) is 0 Å². The number of hydrogen-bond donors (Lipinski definition) is 2. The Morgan fingerprint density at radius 2 is 2.00 bits per heavy atom. The fourth-order valence-corrected chi connectivity index (χ4v) is 5.78. The number of carbonyl (C=O) groups excluding carboxylic acids is 2. The summed E-state index contributed by atoms with van der Waals surface area (Å²) in [7, 11) is -4.80. The maximum absolute atomic E-state index is 12.6. The molecule has 0 aromatic carbocycles. The van der Waals surface area contributed by atoms with Gasteiger partial charge in [0, 0.05) is 6.54 Å². The minimum atomic E-state index is -4.80. The minimum Gasteiger partial charge on any atom is -0.309 e. The molecule has 0 aromatic rings. The predicted molar refractivity (Wildman–Crippen MR) is 91.0 cm³/mol. The van der Waals surface area contributed by atoms with Crippen LogP contribution in [0.4, 0.5) is 4.79 Å². The van der Waals surface area contributed by atoms with E-state index in [4.69, 9.17) is 9.39 Å². The molecule has 0 aromatic heterocycles. The fourth-order valence-electron chi connectivity index (χ4n) is 5.39. The van der Waals surface area contributed by atoms with Gasteiger partial charge in [0.2, 0.25) is 0 Å².